The van der Waals surface area contributed by atoms with Crippen LogP contribution in [0.4, 0.5) is 5.69 Å². The summed E-state index contributed by atoms with van der Waals surface area (Å²) >= 11 is 11.2. The number of rotatable bonds is 4. The summed E-state index contributed by atoms with van der Waals surface area (Å²) in [6, 6.07) is 12.9. The van der Waals surface area contributed by atoms with E-state index in [9.17, 15) is 19.5 Å². The third-order valence-electron chi connectivity index (χ3n) is 5.00. The van der Waals surface area contributed by atoms with E-state index < -0.39 is 23.8 Å². The van der Waals surface area contributed by atoms with Crippen molar-refractivity contribution >= 4 is 69.4 Å². The maximum Gasteiger partial charge on any atom is 0.326 e. The summed E-state index contributed by atoms with van der Waals surface area (Å²) in [7, 11) is 0. The molecule has 1 atom stereocenters. The number of nitrogens with zero attached hydrogens (tertiary/aromatic N) is 2. The van der Waals surface area contributed by atoms with Crippen molar-refractivity contribution in [2.75, 3.05) is 4.90 Å². The Morgan fingerprint density at radius 2 is 1.97 bits per heavy atom. The number of hydrogen-bond donors (Lipinski definition) is 2. The van der Waals surface area contributed by atoms with Crippen molar-refractivity contribution in [3.8, 4) is 0 Å². The van der Waals surface area contributed by atoms with E-state index in [-0.39, 0.29) is 10.7 Å². The van der Waals surface area contributed by atoms with Crippen LogP contribution in [-0.4, -0.2) is 32.6 Å². The highest BCUT2D eigenvalue weighted by molar-refractivity contribution is 7.80. The fourth-order valence-corrected chi connectivity index (χ4v) is 3.87. The van der Waals surface area contributed by atoms with Gasteiger partial charge in [-0.2, -0.15) is 0 Å². The van der Waals surface area contributed by atoms with Crippen LogP contribution < -0.4 is 10.2 Å². The van der Waals surface area contributed by atoms with Crippen molar-refractivity contribution in [1.82, 2.24) is 9.88 Å². The molecule has 4 rings (SSSR count). The SMILES string of the molecule is C[C@@H](C(=O)O)n1ccc2cc(/C=C3\C(=O)NC(=S)N(c4cccc(Cl)c4)C3=O)ccc21. The molecule has 0 bridgehead atoms. The predicted octanol–water partition coefficient (Wildman–Crippen LogP) is 3.77. The molecule has 2 aromatic carbocycles. The minimum absolute atomic E-state index is 0.0235. The summed E-state index contributed by atoms with van der Waals surface area (Å²) in [6.45, 7) is 1.59. The lowest BCUT2D eigenvalue weighted by atomic mass is 10.1. The van der Waals surface area contributed by atoms with Gasteiger partial charge in [0.05, 0.1) is 5.69 Å². The lowest BCUT2D eigenvalue weighted by Crippen LogP contribution is -2.54. The zero-order chi connectivity index (χ0) is 22.3. The average Bonchev–Trinajstić information content (AvgIpc) is 3.13. The Labute approximate surface area is 187 Å². The van der Waals surface area contributed by atoms with E-state index in [0.717, 1.165) is 10.9 Å². The molecule has 1 aromatic heterocycles. The smallest absolute Gasteiger partial charge is 0.326 e. The van der Waals surface area contributed by atoms with E-state index in [0.29, 0.717) is 16.3 Å². The molecule has 0 aliphatic carbocycles. The first kappa shape index (κ1) is 20.8. The number of carbonyl (C=O) groups is 3. The van der Waals surface area contributed by atoms with Crippen LogP contribution in [0.5, 0.6) is 0 Å². The third kappa shape index (κ3) is 3.83. The van der Waals surface area contributed by atoms with Gasteiger partial charge in [0.15, 0.2) is 5.11 Å². The predicted molar refractivity (Wildman–Crippen MR) is 122 cm³/mol. The van der Waals surface area contributed by atoms with Gasteiger partial charge in [-0.25, -0.2) is 4.79 Å². The van der Waals surface area contributed by atoms with E-state index in [1.807, 2.05) is 0 Å². The van der Waals surface area contributed by atoms with Crippen molar-refractivity contribution in [2.45, 2.75) is 13.0 Å². The van der Waals surface area contributed by atoms with Crippen LogP contribution >= 0.6 is 23.8 Å². The van der Waals surface area contributed by atoms with E-state index in [1.165, 1.54) is 11.0 Å². The third-order valence-corrected chi connectivity index (χ3v) is 5.52. The molecule has 31 heavy (non-hydrogen) atoms. The number of carbonyl (C=O) groups excluding carboxylic acids is 2. The summed E-state index contributed by atoms with van der Waals surface area (Å²) in [5.41, 5.74) is 1.72. The number of hydrogen-bond acceptors (Lipinski definition) is 4. The number of fused-ring (bicyclic) bond motifs is 1. The lowest BCUT2D eigenvalue weighted by molar-refractivity contribution is -0.140. The Balaban J connectivity index is 1.72. The minimum Gasteiger partial charge on any atom is -0.480 e. The van der Waals surface area contributed by atoms with Gasteiger partial charge in [0.2, 0.25) is 0 Å². The first-order valence-electron chi connectivity index (χ1n) is 9.26. The second kappa shape index (κ2) is 7.98. The van der Waals surface area contributed by atoms with Gasteiger partial charge in [-0.15, -0.1) is 0 Å². The fraction of sp³-hybridized carbons (Fsp3) is 0.0909. The Morgan fingerprint density at radius 3 is 2.68 bits per heavy atom. The van der Waals surface area contributed by atoms with Crippen molar-refractivity contribution < 1.29 is 19.5 Å². The number of thiocarbonyl (C=S) groups is 1. The van der Waals surface area contributed by atoms with Crippen molar-refractivity contribution in [3.05, 3.63) is 70.9 Å². The lowest BCUT2D eigenvalue weighted by Gasteiger charge is -2.29. The molecule has 2 N–H and O–H groups in total. The summed E-state index contributed by atoms with van der Waals surface area (Å²) in [6.07, 6.45) is 3.17. The number of aromatic nitrogens is 1. The van der Waals surface area contributed by atoms with E-state index in [2.05, 4.69) is 5.32 Å². The van der Waals surface area contributed by atoms with Gasteiger partial charge in [0, 0.05) is 22.1 Å². The van der Waals surface area contributed by atoms with E-state index in [1.54, 1.807) is 66.2 Å². The second-order valence-corrected chi connectivity index (χ2v) is 7.82. The normalized spacial score (nSPS) is 16.6. The number of halogens is 1. The summed E-state index contributed by atoms with van der Waals surface area (Å²) in [4.78, 5) is 38.1. The summed E-state index contributed by atoms with van der Waals surface area (Å²) in [5.74, 6) is -2.09. The number of carboxylic acids is 1. The molecule has 7 nitrogen and oxygen atoms in total. The molecule has 1 saturated heterocycles. The van der Waals surface area contributed by atoms with Gasteiger partial charge in [-0.3, -0.25) is 19.8 Å². The molecular formula is C22H16ClN3O4S. The largest absolute Gasteiger partial charge is 0.480 e. The van der Waals surface area contributed by atoms with Gasteiger partial charge >= 0.3 is 5.97 Å². The van der Waals surface area contributed by atoms with Gasteiger partial charge in [-0.05, 0) is 67.2 Å². The number of aliphatic carboxylic acids is 1. The van der Waals surface area contributed by atoms with Gasteiger partial charge < -0.3 is 9.67 Å². The van der Waals surface area contributed by atoms with Crippen LogP contribution in [-0.2, 0) is 14.4 Å². The molecule has 156 valence electrons. The number of benzene rings is 2. The molecule has 0 radical (unpaired) electrons. The first-order valence-corrected chi connectivity index (χ1v) is 10.1. The molecular weight excluding hydrogens is 438 g/mol. The zero-order valence-corrected chi connectivity index (χ0v) is 17.8. The van der Waals surface area contributed by atoms with E-state index in [4.69, 9.17) is 23.8 Å². The molecule has 3 aromatic rings. The van der Waals surface area contributed by atoms with Gasteiger partial charge in [0.25, 0.3) is 11.8 Å². The Kier molecular flexibility index (Phi) is 5.34. The average molecular weight is 454 g/mol. The van der Waals surface area contributed by atoms with Crippen LogP contribution in [0, 0.1) is 0 Å². The van der Waals surface area contributed by atoms with Crippen LogP contribution in [0.25, 0.3) is 17.0 Å². The maximum atomic E-state index is 13.1. The van der Waals surface area contributed by atoms with Crippen LogP contribution in [0.1, 0.15) is 18.5 Å². The molecule has 2 amide bonds. The number of amides is 2. The Bertz CT molecular complexity index is 1300. The summed E-state index contributed by atoms with van der Waals surface area (Å²) in [5, 5.41) is 13.0. The fourth-order valence-electron chi connectivity index (χ4n) is 3.40. The highest BCUT2D eigenvalue weighted by Crippen LogP contribution is 2.26. The molecule has 1 aliphatic heterocycles. The van der Waals surface area contributed by atoms with Gasteiger partial charge in [0.1, 0.15) is 11.6 Å². The second-order valence-electron chi connectivity index (χ2n) is 6.99. The topological polar surface area (TPSA) is 91.6 Å². The first-order chi connectivity index (χ1) is 14.8. The van der Waals surface area contributed by atoms with Crippen LogP contribution in [0.2, 0.25) is 5.02 Å². The molecule has 0 unspecified atom stereocenters. The van der Waals surface area contributed by atoms with Crippen molar-refractivity contribution in [1.29, 1.82) is 0 Å². The van der Waals surface area contributed by atoms with Crippen molar-refractivity contribution in [3.63, 3.8) is 0 Å². The van der Waals surface area contributed by atoms with Crippen LogP contribution in [0.3, 0.4) is 0 Å². The highest BCUT2D eigenvalue weighted by atomic mass is 35.5. The maximum absolute atomic E-state index is 13.1. The quantitative estimate of drug-likeness (QED) is 0.356. The minimum atomic E-state index is -0.940. The Hall–Kier alpha value is -3.49. The molecule has 0 spiro atoms. The molecule has 2 heterocycles. The number of anilines is 1. The van der Waals surface area contributed by atoms with Gasteiger partial charge in [-0.1, -0.05) is 23.7 Å². The standard InChI is InChI=1S/C22H16ClN3O4S/c1-12(21(29)30)25-8-7-14-9-13(5-6-18(14)25)10-17-19(27)24-22(31)26(20(17)28)16-4-2-3-15(23)11-16/h2-12H,1H3,(H,29,30)(H,24,27,31)/b17-10+/t12-/m0/s1. The number of carboxylic acid groups (broad SMARTS) is 1. The highest BCUT2D eigenvalue weighted by Gasteiger charge is 2.34. The van der Waals surface area contributed by atoms with E-state index >= 15 is 0 Å². The molecule has 1 aliphatic rings. The zero-order valence-electron chi connectivity index (χ0n) is 16.2. The molecule has 0 saturated carbocycles. The Morgan fingerprint density at radius 1 is 1.19 bits per heavy atom. The molecule has 9 heteroatoms. The monoisotopic (exact) mass is 453 g/mol. The molecule has 1 fully saturated rings. The summed E-state index contributed by atoms with van der Waals surface area (Å²) < 4.78 is 1.65. The van der Waals surface area contributed by atoms with Crippen LogP contribution in [0.15, 0.2) is 60.3 Å². The number of nitrogens with one attached hydrogen (secondary N) is 1. The van der Waals surface area contributed by atoms with Crippen molar-refractivity contribution in [2.24, 2.45) is 0 Å².